The summed E-state index contributed by atoms with van der Waals surface area (Å²) in [7, 11) is 0. The van der Waals surface area contributed by atoms with Crippen molar-refractivity contribution in [3.63, 3.8) is 0 Å². The molecule has 0 aromatic heterocycles. The lowest BCUT2D eigenvalue weighted by Gasteiger charge is -2.16. The summed E-state index contributed by atoms with van der Waals surface area (Å²) in [6, 6.07) is 0. The highest BCUT2D eigenvalue weighted by atomic mass is 16.5. The van der Waals surface area contributed by atoms with Gasteiger partial charge in [0.1, 0.15) is 24.4 Å². The molecule has 0 fully saturated rings. The molecule has 0 amide bonds. The molecular weight excluding hydrogens is 476 g/mol. The fraction of sp³-hybridized carbons (Fsp3) is 0.939. The quantitative estimate of drug-likeness (QED) is 0.0540. The molecule has 5 nitrogen and oxygen atoms in total. The maximum Gasteiger partial charge on any atom is 0.316 e. The second-order valence-electron chi connectivity index (χ2n) is 11.4. The minimum atomic E-state index is -1.09. The number of aliphatic hydroxyl groups is 2. The summed E-state index contributed by atoms with van der Waals surface area (Å²) < 4.78 is 5.17. The Labute approximate surface area is 235 Å². The highest BCUT2D eigenvalue weighted by molar-refractivity contribution is 5.98. The third kappa shape index (κ3) is 24.1. The first-order chi connectivity index (χ1) is 18.6. The number of carbonyl (C=O) groups is 2. The zero-order valence-corrected chi connectivity index (χ0v) is 25.4. The predicted molar refractivity (Wildman–Crippen MR) is 159 cm³/mol. The van der Waals surface area contributed by atoms with Crippen molar-refractivity contribution < 1.29 is 24.5 Å². The van der Waals surface area contributed by atoms with Gasteiger partial charge in [-0.05, 0) is 12.8 Å². The minimum Gasteiger partial charge on any atom is -0.462 e. The van der Waals surface area contributed by atoms with E-state index in [9.17, 15) is 14.7 Å². The van der Waals surface area contributed by atoms with Crippen molar-refractivity contribution >= 4 is 11.8 Å². The molecule has 0 rings (SSSR count). The lowest BCUT2D eigenvalue weighted by molar-refractivity contribution is -0.155. The topological polar surface area (TPSA) is 83.8 Å². The van der Waals surface area contributed by atoms with Crippen molar-refractivity contribution in [2.75, 3.05) is 13.2 Å². The molecule has 0 heterocycles. The number of hydrogen-bond donors (Lipinski definition) is 2. The number of hydrogen-bond acceptors (Lipinski definition) is 5. The van der Waals surface area contributed by atoms with Crippen LogP contribution in [0.3, 0.4) is 0 Å². The van der Waals surface area contributed by atoms with Crippen LogP contribution in [0.5, 0.6) is 0 Å². The van der Waals surface area contributed by atoms with Crippen LogP contribution in [0.2, 0.25) is 0 Å². The van der Waals surface area contributed by atoms with E-state index in [0.29, 0.717) is 12.8 Å². The van der Waals surface area contributed by atoms with E-state index in [1.165, 1.54) is 109 Å². The van der Waals surface area contributed by atoms with Crippen LogP contribution in [-0.2, 0) is 14.3 Å². The standard InChI is InChI=1S/C33H64O5/c1-3-5-7-9-11-13-15-17-18-20-22-24-26-31(33(37)38-29-30(35)28-34)32(36)27-25-23-21-19-16-14-12-10-8-6-4-2/h30-31,34-35H,3-29H2,1-2H3. The van der Waals surface area contributed by atoms with Gasteiger partial charge in [-0.25, -0.2) is 0 Å². The van der Waals surface area contributed by atoms with Crippen LogP contribution >= 0.6 is 0 Å². The average molecular weight is 541 g/mol. The van der Waals surface area contributed by atoms with Crippen LogP contribution in [0.4, 0.5) is 0 Å². The summed E-state index contributed by atoms with van der Waals surface area (Å²) in [5, 5.41) is 18.5. The molecule has 2 N–H and O–H groups in total. The highest BCUT2D eigenvalue weighted by Crippen LogP contribution is 2.19. The number of rotatable bonds is 30. The summed E-state index contributed by atoms with van der Waals surface area (Å²) >= 11 is 0. The molecule has 0 aliphatic carbocycles. The van der Waals surface area contributed by atoms with Gasteiger partial charge in [0.25, 0.3) is 0 Å². The molecule has 0 saturated heterocycles. The van der Waals surface area contributed by atoms with E-state index in [2.05, 4.69) is 13.8 Å². The first kappa shape index (κ1) is 37.1. The first-order valence-electron chi connectivity index (χ1n) is 16.5. The van der Waals surface area contributed by atoms with Crippen LogP contribution in [0.15, 0.2) is 0 Å². The van der Waals surface area contributed by atoms with Gasteiger partial charge in [-0.3, -0.25) is 9.59 Å². The van der Waals surface area contributed by atoms with Crippen LogP contribution in [0.1, 0.15) is 174 Å². The Balaban J connectivity index is 4.11. The molecule has 0 radical (unpaired) electrons. The normalized spacial score (nSPS) is 12.9. The van der Waals surface area contributed by atoms with Gasteiger partial charge < -0.3 is 14.9 Å². The zero-order chi connectivity index (χ0) is 28.1. The van der Waals surface area contributed by atoms with Crippen LogP contribution in [0, 0.1) is 5.92 Å². The number of ketones is 1. The Morgan fingerprint density at radius 1 is 0.579 bits per heavy atom. The van der Waals surface area contributed by atoms with E-state index >= 15 is 0 Å². The van der Waals surface area contributed by atoms with Gasteiger partial charge in [0, 0.05) is 6.42 Å². The second kappa shape index (κ2) is 29.1. The number of ether oxygens (including phenoxy) is 1. The molecule has 38 heavy (non-hydrogen) atoms. The van der Waals surface area contributed by atoms with Gasteiger partial charge in [0.05, 0.1) is 6.61 Å². The van der Waals surface area contributed by atoms with Crippen molar-refractivity contribution in [2.24, 2.45) is 5.92 Å². The van der Waals surface area contributed by atoms with E-state index in [-0.39, 0.29) is 12.4 Å². The van der Waals surface area contributed by atoms with E-state index in [0.717, 1.165) is 38.5 Å². The van der Waals surface area contributed by atoms with Gasteiger partial charge in [0.2, 0.25) is 0 Å². The van der Waals surface area contributed by atoms with E-state index < -0.39 is 24.6 Å². The Hall–Kier alpha value is -0.940. The molecule has 0 aromatic carbocycles. The molecule has 2 unspecified atom stereocenters. The Morgan fingerprint density at radius 2 is 0.947 bits per heavy atom. The number of aliphatic hydroxyl groups excluding tert-OH is 2. The maximum absolute atomic E-state index is 12.9. The van der Waals surface area contributed by atoms with Gasteiger partial charge in [-0.2, -0.15) is 0 Å². The average Bonchev–Trinajstić information content (AvgIpc) is 2.92. The number of unbranched alkanes of at least 4 members (excludes halogenated alkanes) is 21. The summed E-state index contributed by atoms with van der Waals surface area (Å²) in [6.07, 6.45) is 28.3. The van der Waals surface area contributed by atoms with Crippen molar-refractivity contribution in [1.29, 1.82) is 0 Å². The first-order valence-corrected chi connectivity index (χ1v) is 16.5. The largest absolute Gasteiger partial charge is 0.462 e. The molecular formula is C33H64O5. The summed E-state index contributed by atoms with van der Waals surface area (Å²) in [4.78, 5) is 25.5. The molecule has 0 bridgehead atoms. The zero-order valence-electron chi connectivity index (χ0n) is 25.4. The third-order valence-corrected chi connectivity index (χ3v) is 7.67. The molecule has 0 saturated carbocycles. The van der Waals surface area contributed by atoms with Gasteiger partial charge in [0.15, 0.2) is 0 Å². The molecule has 0 aliphatic heterocycles. The Kier molecular flexibility index (Phi) is 28.3. The molecule has 2 atom stereocenters. The van der Waals surface area contributed by atoms with E-state index in [1.807, 2.05) is 0 Å². The van der Waals surface area contributed by atoms with Crippen LogP contribution < -0.4 is 0 Å². The second-order valence-corrected chi connectivity index (χ2v) is 11.4. The van der Waals surface area contributed by atoms with Gasteiger partial charge in [-0.15, -0.1) is 0 Å². The fourth-order valence-corrected chi connectivity index (χ4v) is 5.07. The number of Topliss-reactive ketones (excluding diaryl/α,β-unsaturated/α-hetero) is 1. The third-order valence-electron chi connectivity index (χ3n) is 7.67. The molecule has 226 valence electrons. The smallest absolute Gasteiger partial charge is 0.316 e. The lowest BCUT2D eigenvalue weighted by Crippen LogP contribution is -2.30. The Bertz CT molecular complexity index is 522. The SMILES string of the molecule is CCCCCCCCCCCCCCC(C(=O)CCCCCCCCCCCCC)C(=O)OCC(O)CO. The van der Waals surface area contributed by atoms with Crippen molar-refractivity contribution in [2.45, 2.75) is 180 Å². The Morgan fingerprint density at radius 3 is 1.34 bits per heavy atom. The maximum atomic E-state index is 12.9. The van der Waals surface area contributed by atoms with Crippen LogP contribution in [-0.4, -0.2) is 41.3 Å². The molecule has 0 aliphatic rings. The number of esters is 1. The minimum absolute atomic E-state index is 0.0208. The van der Waals surface area contributed by atoms with Crippen molar-refractivity contribution in [1.82, 2.24) is 0 Å². The highest BCUT2D eigenvalue weighted by Gasteiger charge is 2.27. The summed E-state index contributed by atoms with van der Waals surface area (Å²) in [6.45, 7) is 3.79. The fourth-order valence-electron chi connectivity index (χ4n) is 5.07. The molecule has 5 heteroatoms. The number of carbonyl (C=O) groups excluding carboxylic acids is 2. The lowest BCUT2D eigenvalue weighted by atomic mass is 9.92. The van der Waals surface area contributed by atoms with Crippen molar-refractivity contribution in [3.8, 4) is 0 Å². The van der Waals surface area contributed by atoms with Gasteiger partial charge >= 0.3 is 5.97 Å². The summed E-state index contributed by atoms with van der Waals surface area (Å²) in [5.74, 6) is -1.28. The molecule has 0 aromatic rings. The monoisotopic (exact) mass is 540 g/mol. The van der Waals surface area contributed by atoms with Crippen molar-refractivity contribution in [3.05, 3.63) is 0 Å². The summed E-state index contributed by atoms with van der Waals surface area (Å²) in [5.41, 5.74) is 0. The predicted octanol–water partition coefficient (Wildman–Crippen LogP) is 8.86. The molecule has 0 spiro atoms. The van der Waals surface area contributed by atoms with Gasteiger partial charge in [-0.1, -0.05) is 155 Å². The van der Waals surface area contributed by atoms with Crippen LogP contribution in [0.25, 0.3) is 0 Å². The van der Waals surface area contributed by atoms with E-state index in [1.54, 1.807) is 0 Å². The van der Waals surface area contributed by atoms with E-state index in [4.69, 9.17) is 9.84 Å².